The molecular weight excluding hydrogens is 467 g/mol. The zero-order valence-corrected chi connectivity index (χ0v) is 19.5. The normalized spacial score (nSPS) is 11.2. The molecule has 0 saturated heterocycles. The Kier molecular flexibility index (Phi) is 6.83. The summed E-state index contributed by atoms with van der Waals surface area (Å²) < 4.78 is 2.35. The van der Waals surface area contributed by atoms with Crippen LogP contribution in [0.1, 0.15) is 0 Å². The van der Waals surface area contributed by atoms with Crippen molar-refractivity contribution in [2.75, 3.05) is 6.26 Å². The smallest absolute Gasteiger partial charge is 0.161 e. The van der Waals surface area contributed by atoms with E-state index in [0.29, 0.717) is 31.4 Å². The number of thioether (sulfide) groups is 1. The average Bonchev–Trinajstić information content (AvgIpc) is 3.20. The van der Waals surface area contributed by atoms with Gasteiger partial charge in [-0.1, -0.05) is 114 Å². The molecule has 0 unspecified atom stereocenters. The molecular formula is C23H16Cl2N4S2. The number of thiocarbonyl (C=S) groups is 1. The third-order valence-electron chi connectivity index (χ3n) is 4.49. The van der Waals surface area contributed by atoms with Crippen LogP contribution < -0.4 is 0 Å². The Morgan fingerprint density at radius 1 is 0.871 bits per heavy atom. The molecule has 1 aromatic heterocycles. The fourth-order valence-electron chi connectivity index (χ4n) is 3.04. The van der Waals surface area contributed by atoms with Crippen molar-refractivity contribution in [1.29, 1.82) is 0 Å². The van der Waals surface area contributed by atoms with Gasteiger partial charge in [0.25, 0.3) is 0 Å². The lowest BCUT2D eigenvalue weighted by Crippen LogP contribution is -2.08. The summed E-state index contributed by atoms with van der Waals surface area (Å²) in [5.74, 6) is 0. The van der Waals surface area contributed by atoms with E-state index in [1.807, 2.05) is 66.9 Å². The minimum absolute atomic E-state index is 0.350. The van der Waals surface area contributed by atoms with Gasteiger partial charge in [0, 0.05) is 11.1 Å². The highest BCUT2D eigenvalue weighted by Gasteiger charge is 2.23. The van der Waals surface area contributed by atoms with E-state index >= 15 is 0 Å². The van der Waals surface area contributed by atoms with Crippen LogP contribution in [0.4, 0.5) is 11.4 Å². The summed E-state index contributed by atoms with van der Waals surface area (Å²) in [7, 11) is 0. The van der Waals surface area contributed by atoms with Gasteiger partial charge in [-0.3, -0.25) is 0 Å². The van der Waals surface area contributed by atoms with Gasteiger partial charge in [0.05, 0.1) is 10.0 Å². The van der Waals surface area contributed by atoms with Gasteiger partial charge in [0.2, 0.25) is 0 Å². The molecule has 0 amide bonds. The molecule has 0 aliphatic rings. The molecule has 3 aromatic carbocycles. The molecule has 0 atom stereocenters. The van der Waals surface area contributed by atoms with Gasteiger partial charge in [-0.05, 0) is 18.4 Å². The van der Waals surface area contributed by atoms with Gasteiger partial charge in [-0.25, -0.2) is 4.68 Å². The molecule has 0 spiro atoms. The Hall–Kier alpha value is -2.51. The van der Waals surface area contributed by atoms with Crippen LogP contribution in [0.5, 0.6) is 0 Å². The van der Waals surface area contributed by atoms with Crippen LogP contribution in [0.3, 0.4) is 0 Å². The molecule has 0 aliphatic carbocycles. The summed E-state index contributed by atoms with van der Waals surface area (Å²) >= 11 is 19.5. The van der Waals surface area contributed by atoms with Crippen LogP contribution >= 0.6 is 47.2 Å². The van der Waals surface area contributed by atoms with Crippen molar-refractivity contribution >= 4 is 62.9 Å². The summed E-state index contributed by atoms with van der Waals surface area (Å²) in [5, 5.41) is 14.6. The SMILES string of the molecule is CSC(=S)n1nc(-c2ccccc2)c(N=Nc2cccc(Cl)c2Cl)c1-c1ccccc1. The number of hydrogen-bond acceptors (Lipinski definition) is 5. The fraction of sp³-hybridized carbons (Fsp3) is 0.0435. The number of benzene rings is 3. The maximum Gasteiger partial charge on any atom is 0.161 e. The Balaban J connectivity index is 1.98. The summed E-state index contributed by atoms with van der Waals surface area (Å²) in [6.45, 7) is 0. The molecule has 4 aromatic rings. The largest absolute Gasteiger partial charge is 0.213 e. The fourth-order valence-corrected chi connectivity index (χ4v) is 3.81. The highest BCUT2D eigenvalue weighted by molar-refractivity contribution is 8.22. The lowest BCUT2D eigenvalue weighted by Gasteiger charge is -2.07. The second kappa shape index (κ2) is 9.75. The minimum Gasteiger partial charge on any atom is -0.213 e. The van der Waals surface area contributed by atoms with Crippen LogP contribution in [-0.2, 0) is 0 Å². The van der Waals surface area contributed by atoms with Crippen molar-refractivity contribution in [2.24, 2.45) is 10.2 Å². The van der Waals surface area contributed by atoms with Gasteiger partial charge in [-0.2, -0.15) is 5.10 Å². The van der Waals surface area contributed by atoms with Crippen molar-refractivity contribution in [3.63, 3.8) is 0 Å². The third-order valence-corrected chi connectivity index (χ3v) is 6.50. The lowest BCUT2D eigenvalue weighted by atomic mass is 10.1. The predicted molar refractivity (Wildman–Crippen MR) is 135 cm³/mol. The van der Waals surface area contributed by atoms with Gasteiger partial charge in [0.1, 0.15) is 22.8 Å². The van der Waals surface area contributed by atoms with Crippen molar-refractivity contribution in [3.05, 3.63) is 88.9 Å². The first kappa shape index (κ1) is 21.7. The molecule has 0 saturated carbocycles. The molecule has 154 valence electrons. The molecule has 1 heterocycles. The van der Waals surface area contributed by atoms with Gasteiger partial charge >= 0.3 is 0 Å². The Morgan fingerprint density at radius 2 is 1.52 bits per heavy atom. The first-order chi connectivity index (χ1) is 15.1. The zero-order chi connectivity index (χ0) is 21.8. The second-order valence-electron chi connectivity index (χ2n) is 6.43. The number of rotatable bonds is 4. The van der Waals surface area contributed by atoms with Crippen molar-refractivity contribution < 1.29 is 0 Å². The number of azo groups is 1. The van der Waals surface area contributed by atoms with Crippen LogP contribution in [0.2, 0.25) is 10.0 Å². The van der Waals surface area contributed by atoms with Gasteiger partial charge in [0.15, 0.2) is 4.32 Å². The highest BCUT2D eigenvalue weighted by Crippen LogP contribution is 2.41. The predicted octanol–water partition coefficient (Wildman–Crippen LogP) is 8.44. The number of halogens is 2. The van der Waals surface area contributed by atoms with Crippen LogP contribution in [0.25, 0.3) is 22.5 Å². The summed E-state index contributed by atoms with van der Waals surface area (Å²) in [5.41, 5.74) is 4.36. The Morgan fingerprint density at radius 3 is 2.16 bits per heavy atom. The van der Waals surface area contributed by atoms with Crippen molar-refractivity contribution in [3.8, 4) is 22.5 Å². The summed E-state index contributed by atoms with van der Waals surface area (Å²) in [4.78, 5) is 0. The van der Waals surface area contributed by atoms with E-state index in [-0.39, 0.29) is 0 Å². The first-order valence-corrected chi connectivity index (χ1v) is 11.7. The highest BCUT2D eigenvalue weighted by atomic mass is 35.5. The lowest BCUT2D eigenvalue weighted by molar-refractivity contribution is 0.975. The topological polar surface area (TPSA) is 42.5 Å². The van der Waals surface area contributed by atoms with Crippen LogP contribution in [0, 0.1) is 0 Å². The van der Waals surface area contributed by atoms with Crippen LogP contribution in [-0.4, -0.2) is 20.4 Å². The van der Waals surface area contributed by atoms with E-state index in [1.54, 1.807) is 22.9 Å². The molecule has 0 aliphatic heterocycles. The second-order valence-corrected chi connectivity index (χ2v) is 8.66. The molecule has 4 nitrogen and oxygen atoms in total. The minimum atomic E-state index is 0.350. The summed E-state index contributed by atoms with van der Waals surface area (Å²) in [6.07, 6.45) is 1.92. The number of aromatic nitrogens is 2. The van der Waals surface area contributed by atoms with Gasteiger partial charge in [-0.15, -0.1) is 10.2 Å². The number of nitrogens with zero attached hydrogens (tertiary/aromatic N) is 4. The van der Waals surface area contributed by atoms with E-state index in [2.05, 4.69) is 10.2 Å². The number of hydrogen-bond donors (Lipinski definition) is 0. The Labute approximate surface area is 199 Å². The summed E-state index contributed by atoms with van der Waals surface area (Å²) in [6, 6.07) is 25.0. The molecule has 31 heavy (non-hydrogen) atoms. The third kappa shape index (κ3) is 4.57. The maximum absolute atomic E-state index is 6.32. The van der Waals surface area contributed by atoms with Gasteiger partial charge < -0.3 is 0 Å². The first-order valence-electron chi connectivity index (χ1n) is 9.28. The molecule has 0 fully saturated rings. The van der Waals surface area contributed by atoms with E-state index in [0.717, 1.165) is 16.8 Å². The molecule has 4 rings (SSSR count). The zero-order valence-electron chi connectivity index (χ0n) is 16.4. The Bertz CT molecular complexity index is 1260. The maximum atomic E-state index is 6.32. The molecule has 8 heteroatoms. The molecule has 0 N–H and O–H groups in total. The standard InChI is InChI=1S/C23H16Cl2N4S2/c1-31-23(30)29-22(16-11-6-3-7-12-16)21(20(28-29)15-9-4-2-5-10-15)27-26-18-14-8-13-17(24)19(18)25/h2-14H,1H3. The van der Waals surface area contributed by atoms with E-state index < -0.39 is 0 Å². The molecule has 0 radical (unpaired) electrons. The van der Waals surface area contributed by atoms with E-state index in [4.69, 9.17) is 40.5 Å². The monoisotopic (exact) mass is 482 g/mol. The van der Waals surface area contributed by atoms with E-state index in [1.165, 1.54) is 11.8 Å². The average molecular weight is 483 g/mol. The van der Waals surface area contributed by atoms with Crippen molar-refractivity contribution in [1.82, 2.24) is 9.78 Å². The quantitative estimate of drug-likeness (QED) is 0.216. The van der Waals surface area contributed by atoms with Crippen molar-refractivity contribution in [2.45, 2.75) is 0 Å². The van der Waals surface area contributed by atoms with E-state index in [9.17, 15) is 0 Å². The molecule has 0 bridgehead atoms. The van der Waals surface area contributed by atoms with Crippen LogP contribution in [0.15, 0.2) is 89.1 Å².